The maximum Gasteiger partial charge on any atom is 0.326 e. The molecular formula is C28H22N4O5. The van der Waals surface area contributed by atoms with Crippen LogP contribution in [0.25, 0.3) is 0 Å². The number of hydrogen-bond donors (Lipinski definition) is 1. The maximum absolute atomic E-state index is 14.0. The second-order valence-corrected chi connectivity index (χ2v) is 8.80. The lowest BCUT2D eigenvalue weighted by molar-refractivity contribution is -0.139. The van der Waals surface area contributed by atoms with Gasteiger partial charge >= 0.3 is 6.03 Å². The second kappa shape index (κ2) is 8.94. The summed E-state index contributed by atoms with van der Waals surface area (Å²) < 4.78 is 11.0. The first-order valence-electron chi connectivity index (χ1n) is 11.8. The molecule has 0 radical (unpaired) electrons. The van der Waals surface area contributed by atoms with E-state index < -0.39 is 36.0 Å². The highest BCUT2D eigenvalue weighted by Crippen LogP contribution is 2.37. The van der Waals surface area contributed by atoms with Gasteiger partial charge < -0.3 is 14.2 Å². The van der Waals surface area contributed by atoms with E-state index in [9.17, 15) is 14.4 Å². The number of carbonyl (C=O) groups is 3. The molecule has 1 atom stereocenters. The zero-order valence-corrected chi connectivity index (χ0v) is 19.6. The Morgan fingerprint density at radius 1 is 0.892 bits per heavy atom. The minimum absolute atomic E-state index is 0.366. The van der Waals surface area contributed by atoms with E-state index in [2.05, 4.69) is 10.4 Å². The molecule has 0 spiro atoms. The number of rotatable bonds is 6. The van der Waals surface area contributed by atoms with Crippen LogP contribution in [0, 0.1) is 0 Å². The summed E-state index contributed by atoms with van der Waals surface area (Å²) >= 11 is 0. The Balaban J connectivity index is 1.33. The summed E-state index contributed by atoms with van der Waals surface area (Å²) in [4.78, 5) is 41.7. The van der Waals surface area contributed by atoms with Crippen LogP contribution >= 0.6 is 0 Å². The number of carbonyl (C=O) groups excluding carboxylic acids is 3. The third-order valence-corrected chi connectivity index (χ3v) is 6.66. The lowest BCUT2D eigenvalue weighted by Crippen LogP contribution is -2.46. The van der Waals surface area contributed by atoms with E-state index in [-0.39, 0.29) is 0 Å². The molecule has 0 aliphatic carbocycles. The predicted molar refractivity (Wildman–Crippen MR) is 132 cm³/mol. The van der Waals surface area contributed by atoms with E-state index in [4.69, 9.17) is 8.83 Å². The molecule has 4 heterocycles. The number of nitrogens with zero attached hydrogens (tertiary/aromatic N) is 3. The molecule has 1 fully saturated rings. The Bertz CT molecular complexity index is 1420. The van der Waals surface area contributed by atoms with Gasteiger partial charge in [-0.25, -0.2) is 9.80 Å². The van der Waals surface area contributed by atoms with Crippen LogP contribution in [0.3, 0.4) is 0 Å². The van der Waals surface area contributed by atoms with Gasteiger partial charge in [0.05, 0.1) is 12.5 Å². The first kappa shape index (κ1) is 22.5. The lowest BCUT2D eigenvalue weighted by atomic mass is 9.82. The van der Waals surface area contributed by atoms with Crippen LogP contribution in [-0.4, -0.2) is 40.0 Å². The van der Waals surface area contributed by atoms with Crippen molar-refractivity contribution in [2.75, 3.05) is 6.54 Å². The molecule has 2 aromatic heterocycles. The lowest BCUT2D eigenvalue weighted by Gasteiger charge is -2.28. The predicted octanol–water partition coefficient (Wildman–Crippen LogP) is 4.05. The molecule has 1 saturated heterocycles. The van der Waals surface area contributed by atoms with Crippen LogP contribution in [0.5, 0.6) is 0 Å². The molecule has 4 aromatic rings. The number of furan rings is 2. The van der Waals surface area contributed by atoms with Crippen molar-refractivity contribution < 1.29 is 23.2 Å². The van der Waals surface area contributed by atoms with Gasteiger partial charge in [0.2, 0.25) is 0 Å². The number of nitrogens with one attached hydrogen (secondary N) is 1. The summed E-state index contributed by atoms with van der Waals surface area (Å²) in [5.74, 6) is 0.0170. The van der Waals surface area contributed by atoms with Crippen LogP contribution in [-0.2, 0) is 15.1 Å². The van der Waals surface area contributed by atoms with Gasteiger partial charge in [-0.15, -0.1) is 0 Å². The number of hydrazone groups is 1. The zero-order valence-electron chi connectivity index (χ0n) is 19.6. The molecular weight excluding hydrogens is 472 g/mol. The largest absolute Gasteiger partial charge is 0.467 e. The van der Waals surface area contributed by atoms with E-state index in [1.54, 1.807) is 72.8 Å². The molecule has 2 aliphatic rings. The normalized spacial score (nSPS) is 18.7. The van der Waals surface area contributed by atoms with Crippen molar-refractivity contribution in [2.45, 2.75) is 18.0 Å². The van der Waals surface area contributed by atoms with Gasteiger partial charge in [0.25, 0.3) is 11.8 Å². The van der Waals surface area contributed by atoms with Crippen molar-refractivity contribution in [2.24, 2.45) is 5.10 Å². The third-order valence-electron chi connectivity index (χ3n) is 6.66. The highest BCUT2D eigenvalue weighted by atomic mass is 16.3. The summed E-state index contributed by atoms with van der Waals surface area (Å²) in [6.45, 7) is -0.488. The molecule has 2 aromatic carbocycles. The SMILES string of the molecule is O=C1NC(c2ccccc2)(c2ccccc2)C(=O)N1CC(=O)N1N=C(c2ccco2)C[C@@H]1c1ccco1. The number of hydrogen-bond acceptors (Lipinski definition) is 6. The second-order valence-electron chi connectivity index (χ2n) is 8.80. The molecule has 184 valence electrons. The maximum atomic E-state index is 14.0. The van der Waals surface area contributed by atoms with Crippen LogP contribution < -0.4 is 5.32 Å². The Kier molecular flexibility index (Phi) is 5.45. The van der Waals surface area contributed by atoms with E-state index >= 15 is 0 Å². The molecule has 0 saturated carbocycles. The molecule has 0 unspecified atom stereocenters. The van der Waals surface area contributed by atoms with Crippen LogP contribution in [0.4, 0.5) is 4.79 Å². The van der Waals surface area contributed by atoms with E-state index in [1.807, 2.05) is 12.1 Å². The molecule has 37 heavy (non-hydrogen) atoms. The average molecular weight is 495 g/mol. The molecule has 6 rings (SSSR count). The van der Waals surface area contributed by atoms with Gasteiger partial charge in [-0.1, -0.05) is 60.7 Å². The minimum atomic E-state index is -1.45. The Hall–Kier alpha value is -4.92. The van der Waals surface area contributed by atoms with Crippen LogP contribution in [0.1, 0.15) is 35.1 Å². The highest BCUT2D eigenvalue weighted by molar-refractivity contribution is 6.11. The fraction of sp³-hybridized carbons (Fsp3) is 0.143. The standard InChI is InChI=1S/C28H22N4O5/c33-25(32-22(24-14-8-16-37-24)17-21(30-32)23-13-7-15-36-23)18-31-26(34)28(29-27(31)35,19-9-3-1-4-10-19)20-11-5-2-6-12-20/h1-16,22H,17-18H2,(H,29,35)/t22-/m1/s1. The fourth-order valence-electron chi connectivity index (χ4n) is 4.90. The van der Waals surface area contributed by atoms with Crippen molar-refractivity contribution in [3.63, 3.8) is 0 Å². The average Bonchev–Trinajstić information content (AvgIpc) is 3.74. The van der Waals surface area contributed by atoms with Crippen molar-refractivity contribution in [3.05, 3.63) is 120 Å². The first-order chi connectivity index (χ1) is 18.1. The van der Waals surface area contributed by atoms with Gasteiger partial charge in [0.1, 0.15) is 29.8 Å². The van der Waals surface area contributed by atoms with Gasteiger partial charge in [-0.2, -0.15) is 5.10 Å². The summed E-state index contributed by atoms with van der Waals surface area (Å²) in [5, 5.41) is 8.62. The Morgan fingerprint density at radius 3 is 2.14 bits per heavy atom. The van der Waals surface area contributed by atoms with Gasteiger partial charge in [-0.3, -0.25) is 14.5 Å². The van der Waals surface area contributed by atoms with Crippen molar-refractivity contribution in [1.29, 1.82) is 0 Å². The number of imide groups is 1. The van der Waals surface area contributed by atoms with Crippen molar-refractivity contribution >= 4 is 23.6 Å². The third kappa shape index (κ3) is 3.72. The number of benzene rings is 2. The van der Waals surface area contributed by atoms with Crippen LogP contribution in [0.15, 0.2) is 111 Å². The highest BCUT2D eigenvalue weighted by Gasteiger charge is 2.54. The number of urea groups is 1. The summed E-state index contributed by atoms with van der Waals surface area (Å²) in [6.07, 6.45) is 3.42. The molecule has 4 amide bonds. The smallest absolute Gasteiger partial charge is 0.326 e. The van der Waals surface area contributed by atoms with Crippen LogP contribution in [0.2, 0.25) is 0 Å². The zero-order chi connectivity index (χ0) is 25.4. The summed E-state index contributed by atoms with van der Waals surface area (Å²) in [6, 6.07) is 23.8. The van der Waals surface area contributed by atoms with Gasteiger partial charge in [0, 0.05) is 6.42 Å². The van der Waals surface area contributed by atoms with E-state index in [0.29, 0.717) is 34.8 Å². The fourth-order valence-corrected chi connectivity index (χ4v) is 4.90. The van der Waals surface area contributed by atoms with Crippen molar-refractivity contribution in [1.82, 2.24) is 15.2 Å². The van der Waals surface area contributed by atoms with Gasteiger partial charge in [0.15, 0.2) is 5.54 Å². The topological polar surface area (TPSA) is 108 Å². The molecule has 9 heteroatoms. The summed E-state index contributed by atoms with van der Waals surface area (Å²) in [5.41, 5.74) is 0.317. The van der Waals surface area contributed by atoms with Crippen molar-refractivity contribution in [3.8, 4) is 0 Å². The summed E-state index contributed by atoms with van der Waals surface area (Å²) in [7, 11) is 0. The molecule has 1 N–H and O–H groups in total. The molecule has 2 aliphatic heterocycles. The van der Waals surface area contributed by atoms with E-state index in [1.165, 1.54) is 17.5 Å². The number of amides is 4. The Morgan fingerprint density at radius 2 is 1.54 bits per heavy atom. The monoisotopic (exact) mass is 494 g/mol. The quantitative estimate of drug-likeness (QED) is 0.407. The molecule has 0 bridgehead atoms. The first-order valence-corrected chi connectivity index (χ1v) is 11.8. The minimum Gasteiger partial charge on any atom is -0.467 e. The molecule has 9 nitrogen and oxygen atoms in total. The van der Waals surface area contributed by atoms with E-state index in [0.717, 1.165) is 4.90 Å². The van der Waals surface area contributed by atoms with Gasteiger partial charge in [-0.05, 0) is 35.4 Å². The Labute approximate surface area is 212 Å².